The predicted molar refractivity (Wildman–Crippen MR) is 82.5 cm³/mol. The van der Waals surface area contributed by atoms with Crippen molar-refractivity contribution in [2.24, 2.45) is 0 Å². The minimum Gasteiger partial charge on any atom is -0.495 e. The van der Waals surface area contributed by atoms with Crippen molar-refractivity contribution >= 4 is 27.8 Å². The van der Waals surface area contributed by atoms with Crippen LogP contribution in [0, 0.1) is 6.92 Å². The largest absolute Gasteiger partial charge is 0.495 e. The minimum absolute atomic E-state index is 0.0552. The van der Waals surface area contributed by atoms with Gasteiger partial charge in [0.25, 0.3) is 0 Å². The highest BCUT2D eigenvalue weighted by Gasteiger charge is 2.27. The fourth-order valence-corrected chi connectivity index (χ4v) is 3.66. The molecule has 2 N–H and O–H groups in total. The summed E-state index contributed by atoms with van der Waals surface area (Å²) in [6.07, 6.45) is 2.04. The summed E-state index contributed by atoms with van der Waals surface area (Å²) >= 11 is 1.46. The van der Waals surface area contributed by atoms with Gasteiger partial charge in [0.2, 0.25) is 10.0 Å². The van der Waals surface area contributed by atoms with Gasteiger partial charge in [0.05, 0.1) is 7.11 Å². The quantitative estimate of drug-likeness (QED) is 0.749. The minimum atomic E-state index is -3.97. The third kappa shape index (κ3) is 4.90. The molecule has 0 aliphatic carbocycles. The van der Waals surface area contributed by atoms with Crippen LogP contribution in [0.4, 0.5) is 0 Å². The first kappa shape index (κ1) is 17.8. The first-order valence-corrected chi connectivity index (χ1v) is 9.08. The molecule has 6 nitrogen and oxygen atoms in total. The van der Waals surface area contributed by atoms with Crippen molar-refractivity contribution in [1.82, 2.24) is 4.72 Å². The highest BCUT2D eigenvalue weighted by molar-refractivity contribution is 7.98. The fraction of sp³-hybridized carbons (Fsp3) is 0.462. The Bertz CT molecular complexity index is 601. The van der Waals surface area contributed by atoms with Gasteiger partial charge in [-0.25, -0.2) is 8.42 Å². The van der Waals surface area contributed by atoms with Gasteiger partial charge in [0.15, 0.2) is 0 Å². The summed E-state index contributed by atoms with van der Waals surface area (Å²) in [6.45, 7) is 1.75. The molecule has 0 unspecified atom stereocenters. The van der Waals surface area contributed by atoms with Crippen LogP contribution in [0.25, 0.3) is 0 Å². The van der Waals surface area contributed by atoms with E-state index in [1.54, 1.807) is 19.1 Å². The molecular formula is C13H19NO5S2. The monoisotopic (exact) mass is 333 g/mol. The highest BCUT2D eigenvalue weighted by Crippen LogP contribution is 2.25. The molecule has 0 radical (unpaired) electrons. The Morgan fingerprint density at radius 1 is 1.48 bits per heavy atom. The molecule has 21 heavy (non-hydrogen) atoms. The maximum Gasteiger partial charge on any atom is 0.321 e. The number of carboxylic acids is 1. The Hall–Kier alpha value is -1.25. The number of sulfonamides is 1. The number of aryl methyl sites for hydroxylation is 1. The topological polar surface area (TPSA) is 92.7 Å². The Morgan fingerprint density at radius 2 is 2.14 bits per heavy atom. The molecule has 1 atom stereocenters. The lowest BCUT2D eigenvalue weighted by molar-refractivity contribution is -0.139. The van der Waals surface area contributed by atoms with E-state index in [1.165, 1.54) is 24.9 Å². The summed E-state index contributed by atoms with van der Waals surface area (Å²) in [5, 5.41) is 9.12. The molecule has 0 heterocycles. The van der Waals surface area contributed by atoms with E-state index in [2.05, 4.69) is 4.72 Å². The number of benzene rings is 1. The van der Waals surface area contributed by atoms with Crippen molar-refractivity contribution in [1.29, 1.82) is 0 Å². The smallest absolute Gasteiger partial charge is 0.321 e. The molecule has 1 aromatic rings. The third-order valence-corrected chi connectivity index (χ3v) is 4.95. The van der Waals surface area contributed by atoms with Gasteiger partial charge in [-0.3, -0.25) is 4.79 Å². The molecule has 0 fully saturated rings. The summed E-state index contributed by atoms with van der Waals surface area (Å²) in [6, 6.07) is 3.56. The summed E-state index contributed by atoms with van der Waals surface area (Å²) < 4.78 is 32.0. The second-order valence-corrected chi connectivity index (χ2v) is 7.12. The van der Waals surface area contributed by atoms with Gasteiger partial charge in [-0.1, -0.05) is 6.07 Å². The second-order valence-electron chi connectivity index (χ2n) is 4.45. The molecule has 0 spiro atoms. The maximum atomic E-state index is 12.4. The first-order chi connectivity index (χ1) is 9.81. The average Bonchev–Trinajstić information content (AvgIpc) is 2.43. The molecule has 0 aliphatic heterocycles. The second kappa shape index (κ2) is 7.67. The molecule has 0 saturated heterocycles. The lowest BCUT2D eigenvalue weighted by atomic mass is 10.2. The van der Waals surface area contributed by atoms with Crippen LogP contribution >= 0.6 is 11.8 Å². The standard InChI is InChI=1S/C13H19NO5S2/c1-9-4-5-11(19-2)12(8-9)21(17,18)14-10(13(15)16)6-7-20-3/h4-5,8,10,14H,6-7H2,1-3H3,(H,15,16)/t10-/m1/s1. The third-order valence-electron chi connectivity index (χ3n) is 2.81. The van der Waals surface area contributed by atoms with Gasteiger partial charge in [-0.2, -0.15) is 16.5 Å². The van der Waals surface area contributed by atoms with E-state index < -0.39 is 22.0 Å². The Morgan fingerprint density at radius 3 is 2.67 bits per heavy atom. The van der Waals surface area contributed by atoms with Crippen LogP contribution in [-0.4, -0.2) is 44.7 Å². The molecule has 0 bridgehead atoms. The summed E-state index contributed by atoms with van der Waals surface area (Å²) in [4.78, 5) is 11.1. The number of nitrogens with one attached hydrogen (secondary N) is 1. The van der Waals surface area contributed by atoms with E-state index in [1.807, 2.05) is 6.26 Å². The number of methoxy groups -OCH3 is 1. The van der Waals surface area contributed by atoms with Crippen LogP contribution in [0.2, 0.25) is 0 Å². The fourth-order valence-electron chi connectivity index (χ4n) is 1.71. The van der Waals surface area contributed by atoms with E-state index in [0.29, 0.717) is 5.75 Å². The molecule has 0 aromatic heterocycles. The molecule has 8 heteroatoms. The average molecular weight is 333 g/mol. The lowest BCUT2D eigenvalue weighted by Gasteiger charge is -2.16. The van der Waals surface area contributed by atoms with Crippen LogP contribution in [0.1, 0.15) is 12.0 Å². The molecule has 0 saturated carbocycles. The van der Waals surface area contributed by atoms with Crippen LogP contribution in [0.5, 0.6) is 5.75 Å². The molecule has 1 rings (SSSR count). The van der Waals surface area contributed by atoms with Gasteiger partial charge in [-0.05, 0) is 43.0 Å². The van der Waals surface area contributed by atoms with Crippen molar-refractivity contribution in [3.05, 3.63) is 23.8 Å². The number of carbonyl (C=O) groups is 1. The van der Waals surface area contributed by atoms with Crippen LogP contribution < -0.4 is 9.46 Å². The van der Waals surface area contributed by atoms with E-state index in [0.717, 1.165) is 5.56 Å². The molecular weight excluding hydrogens is 314 g/mol. The van der Waals surface area contributed by atoms with Gasteiger partial charge >= 0.3 is 5.97 Å². The van der Waals surface area contributed by atoms with Crippen molar-refractivity contribution < 1.29 is 23.1 Å². The summed E-state index contributed by atoms with van der Waals surface area (Å²) in [7, 11) is -2.60. The van der Waals surface area contributed by atoms with Crippen molar-refractivity contribution in [3.8, 4) is 5.75 Å². The summed E-state index contributed by atoms with van der Waals surface area (Å²) in [5.74, 6) is -0.467. The maximum absolute atomic E-state index is 12.4. The Kier molecular flexibility index (Phi) is 6.50. The zero-order valence-electron chi connectivity index (χ0n) is 12.1. The molecule has 0 amide bonds. The van der Waals surface area contributed by atoms with Crippen molar-refractivity contribution in [2.75, 3.05) is 19.1 Å². The number of hydrogen-bond acceptors (Lipinski definition) is 5. The first-order valence-electron chi connectivity index (χ1n) is 6.20. The van der Waals surface area contributed by atoms with Crippen LogP contribution in [-0.2, 0) is 14.8 Å². The number of ether oxygens (including phenoxy) is 1. The number of rotatable bonds is 8. The SMILES string of the molecule is COc1ccc(C)cc1S(=O)(=O)N[C@H](CCSC)C(=O)O. The zero-order valence-corrected chi connectivity index (χ0v) is 13.8. The normalized spacial score (nSPS) is 12.9. The van der Waals surface area contributed by atoms with Crippen molar-refractivity contribution in [3.63, 3.8) is 0 Å². The molecule has 118 valence electrons. The summed E-state index contributed by atoms with van der Waals surface area (Å²) in [5.41, 5.74) is 0.743. The number of aliphatic carboxylic acids is 1. The van der Waals surface area contributed by atoms with Crippen molar-refractivity contribution in [2.45, 2.75) is 24.3 Å². The Balaban J connectivity index is 3.09. The van der Waals surface area contributed by atoms with Gasteiger partial charge in [0, 0.05) is 0 Å². The van der Waals surface area contributed by atoms with E-state index in [-0.39, 0.29) is 17.1 Å². The number of hydrogen-bond donors (Lipinski definition) is 2. The van der Waals surface area contributed by atoms with Gasteiger partial charge in [-0.15, -0.1) is 0 Å². The van der Waals surface area contributed by atoms with Crippen LogP contribution in [0.3, 0.4) is 0 Å². The highest BCUT2D eigenvalue weighted by atomic mass is 32.2. The lowest BCUT2D eigenvalue weighted by Crippen LogP contribution is -2.41. The number of carboxylic acid groups (broad SMARTS) is 1. The van der Waals surface area contributed by atoms with E-state index in [9.17, 15) is 13.2 Å². The van der Waals surface area contributed by atoms with Crippen LogP contribution in [0.15, 0.2) is 23.1 Å². The molecule has 1 aromatic carbocycles. The Labute approximate surface area is 128 Å². The van der Waals surface area contributed by atoms with Gasteiger partial charge in [0.1, 0.15) is 16.7 Å². The van der Waals surface area contributed by atoms with E-state index >= 15 is 0 Å². The number of thioether (sulfide) groups is 1. The zero-order chi connectivity index (χ0) is 16.0. The van der Waals surface area contributed by atoms with E-state index in [4.69, 9.17) is 9.84 Å². The van der Waals surface area contributed by atoms with Gasteiger partial charge < -0.3 is 9.84 Å². The molecule has 0 aliphatic rings. The predicted octanol–water partition coefficient (Wildman–Crippen LogP) is 1.49.